The van der Waals surface area contributed by atoms with Gasteiger partial charge in [0.1, 0.15) is 5.69 Å². The second-order valence-corrected chi connectivity index (χ2v) is 9.97. The van der Waals surface area contributed by atoms with Gasteiger partial charge >= 0.3 is 0 Å². The molecule has 0 aliphatic heterocycles. The van der Waals surface area contributed by atoms with E-state index in [9.17, 15) is 9.59 Å². The quantitative estimate of drug-likeness (QED) is 0.151. The molecule has 0 spiro atoms. The molecule has 4 rings (SSSR count). The Bertz CT molecular complexity index is 1630. The number of benzene rings is 2. The molecule has 0 fully saturated rings. The van der Waals surface area contributed by atoms with Crippen molar-refractivity contribution in [3.05, 3.63) is 100 Å². The zero-order chi connectivity index (χ0) is 32.8. The first-order chi connectivity index (χ1) is 21.2. The zero-order valence-electron chi connectivity index (χ0n) is 26.6. The average molecular weight is 613 g/mol. The molecule has 7 nitrogen and oxygen atoms in total. The Balaban J connectivity index is 0.00000162. The highest BCUT2D eigenvalue weighted by molar-refractivity contribution is 6.33. The van der Waals surface area contributed by atoms with Gasteiger partial charge in [-0.05, 0) is 69.7 Å². The standard InChI is InChI=1S/C32H33ClN4O3.C2H6.C2H2/c1-6-23(40-7-2)14-15-37(5)32(39)28-13-12-22(19-34-28)35-31(38)26-18-29(24-10-8-9-11-27(24)33)36-30-21(4)16-20(3)17-25(26)30;2*1-2/h6,8-13,16-19H,7,14-15H2,1-5H3,(H,35,38);1-2H3;1-2H/b23-6-;;. The van der Waals surface area contributed by atoms with Gasteiger partial charge in [0.2, 0.25) is 0 Å². The number of anilines is 1. The second-order valence-electron chi connectivity index (χ2n) is 9.56. The van der Waals surface area contributed by atoms with E-state index < -0.39 is 0 Å². The molecule has 0 aliphatic rings. The first kappa shape index (κ1) is 35.5. The lowest BCUT2D eigenvalue weighted by molar-refractivity contribution is 0.0783. The number of amides is 2. The van der Waals surface area contributed by atoms with Gasteiger partial charge in [-0.25, -0.2) is 9.97 Å². The Labute approximate surface area is 266 Å². The van der Waals surface area contributed by atoms with E-state index in [0.717, 1.165) is 33.4 Å². The van der Waals surface area contributed by atoms with Crippen molar-refractivity contribution in [3.63, 3.8) is 0 Å². The number of nitrogens with zero attached hydrogens (tertiary/aromatic N) is 3. The van der Waals surface area contributed by atoms with Crippen LogP contribution in [0.2, 0.25) is 5.02 Å². The molecule has 0 bridgehead atoms. The minimum absolute atomic E-state index is 0.208. The predicted molar refractivity (Wildman–Crippen MR) is 182 cm³/mol. The van der Waals surface area contributed by atoms with Gasteiger partial charge in [-0.2, -0.15) is 0 Å². The number of nitrogens with one attached hydrogen (secondary N) is 1. The van der Waals surface area contributed by atoms with Gasteiger partial charge in [-0.15, -0.1) is 12.8 Å². The molecular formula is C36H41ClN4O3. The third-order valence-electron chi connectivity index (χ3n) is 6.58. The third kappa shape index (κ3) is 8.92. The summed E-state index contributed by atoms with van der Waals surface area (Å²) in [6, 6.07) is 16.5. The molecule has 0 saturated carbocycles. The van der Waals surface area contributed by atoms with Crippen molar-refractivity contribution in [3.8, 4) is 24.1 Å². The molecule has 0 radical (unpaired) electrons. The minimum Gasteiger partial charge on any atom is -0.499 e. The molecule has 2 heterocycles. The molecule has 0 atom stereocenters. The molecule has 1 N–H and O–H groups in total. The van der Waals surface area contributed by atoms with Crippen LogP contribution in [0, 0.1) is 26.7 Å². The van der Waals surface area contributed by atoms with Crippen LogP contribution < -0.4 is 5.32 Å². The van der Waals surface area contributed by atoms with Gasteiger partial charge in [0.25, 0.3) is 11.8 Å². The summed E-state index contributed by atoms with van der Waals surface area (Å²) in [6.07, 6.45) is 12.0. The summed E-state index contributed by atoms with van der Waals surface area (Å²) in [6.45, 7) is 12.9. The van der Waals surface area contributed by atoms with E-state index in [0.29, 0.717) is 47.2 Å². The van der Waals surface area contributed by atoms with Gasteiger partial charge in [-0.1, -0.05) is 55.3 Å². The fourth-order valence-electron chi connectivity index (χ4n) is 4.53. The van der Waals surface area contributed by atoms with E-state index in [1.54, 1.807) is 36.2 Å². The van der Waals surface area contributed by atoms with Crippen LogP contribution in [0.25, 0.3) is 22.2 Å². The van der Waals surface area contributed by atoms with E-state index in [1.807, 2.05) is 78.0 Å². The van der Waals surface area contributed by atoms with Gasteiger partial charge in [0.15, 0.2) is 0 Å². The summed E-state index contributed by atoms with van der Waals surface area (Å²) in [7, 11) is 1.73. The number of aryl methyl sites for hydroxylation is 2. The highest BCUT2D eigenvalue weighted by Gasteiger charge is 2.18. The third-order valence-corrected chi connectivity index (χ3v) is 6.90. The van der Waals surface area contributed by atoms with Crippen molar-refractivity contribution < 1.29 is 14.3 Å². The average Bonchev–Trinajstić information content (AvgIpc) is 3.04. The lowest BCUT2D eigenvalue weighted by atomic mass is 9.99. The number of hydrogen-bond acceptors (Lipinski definition) is 5. The molecule has 8 heteroatoms. The Morgan fingerprint density at radius 1 is 1.07 bits per heavy atom. The van der Waals surface area contributed by atoms with Crippen LogP contribution in [0.5, 0.6) is 0 Å². The normalized spacial score (nSPS) is 10.5. The molecule has 4 aromatic rings. The fraction of sp³-hybridized carbons (Fsp3) is 0.278. The number of allylic oxidation sites excluding steroid dienone is 1. The fourth-order valence-corrected chi connectivity index (χ4v) is 4.76. The van der Waals surface area contributed by atoms with Crippen molar-refractivity contribution >= 4 is 40.0 Å². The predicted octanol–water partition coefficient (Wildman–Crippen LogP) is 8.50. The molecule has 0 aliphatic carbocycles. The van der Waals surface area contributed by atoms with E-state index in [2.05, 4.69) is 23.1 Å². The first-order valence-corrected chi connectivity index (χ1v) is 14.9. The van der Waals surface area contributed by atoms with Crippen molar-refractivity contribution in [1.29, 1.82) is 0 Å². The SMILES string of the molecule is C#C.C/C=C(/CCN(C)C(=O)c1ccc(NC(=O)c2cc(-c3ccccc3Cl)nc3c(C)cc(C)cc23)cn1)OCC.CC. The molecule has 230 valence electrons. The van der Waals surface area contributed by atoms with Gasteiger partial charge in [0, 0.05) is 36.0 Å². The van der Waals surface area contributed by atoms with Crippen LogP contribution in [0.4, 0.5) is 5.69 Å². The minimum atomic E-state index is -0.307. The van der Waals surface area contributed by atoms with Crippen LogP contribution >= 0.6 is 11.6 Å². The van der Waals surface area contributed by atoms with Crippen molar-refractivity contribution in [1.82, 2.24) is 14.9 Å². The van der Waals surface area contributed by atoms with E-state index in [1.165, 1.54) is 6.20 Å². The highest BCUT2D eigenvalue weighted by atomic mass is 35.5. The number of hydrogen-bond donors (Lipinski definition) is 1. The van der Waals surface area contributed by atoms with E-state index in [4.69, 9.17) is 21.3 Å². The largest absolute Gasteiger partial charge is 0.499 e. The number of aromatic nitrogens is 2. The molecule has 2 amide bonds. The summed E-state index contributed by atoms with van der Waals surface area (Å²) in [5.41, 5.74) is 5.34. The molecule has 0 saturated heterocycles. The number of carbonyl (C=O) groups is 2. The summed E-state index contributed by atoms with van der Waals surface area (Å²) >= 11 is 6.47. The second kappa shape index (κ2) is 17.4. The number of rotatable bonds is 9. The summed E-state index contributed by atoms with van der Waals surface area (Å²) < 4.78 is 5.55. The Morgan fingerprint density at radius 2 is 1.77 bits per heavy atom. The van der Waals surface area contributed by atoms with E-state index >= 15 is 0 Å². The lowest BCUT2D eigenvalue weighted by Gasteiger charge is -2.18. The van der Waals surface area contributed by atoms with Crippen LogP contribution in [0.3, 0.4) is 0 Å². The van der Waals surface area contributed by atoms with Crippen LogP contribution in [0.1, 0.15) is 66.1 Å². The van der Waals surface area contributed by atoms with Crippen molar-refractivity contribution in [2.45, 2.75) is 48.0 Å². The molecule has 2 aromatic carbocycles. The number of carbonyl (C=O) groups excluding carboxylic acids is 2. The molecule has 44 heavy (non-hydrogen) atoms. The molecule has 2 aromatic heterocycles. The molecular weight excluding hydrogens is 572 g/mol. The number of terminal acetylenes is 1. The monoisotopic (exact) mass is 612 g/mol. The Kier molecular flexibility index (Phi) is 14.1. The summed E-state index contributed by atoms with van der Waals surface area (Å²) in [4.78, 5) is 37.2. The number of halogens is 1. The van der Waals surface area contributed by atoms with Gasteiger partial charge in [-0.3, -0.25) is 9.59 Å². The number of ether oxygens (including phenoxy) is 1. The lowest BCUT2D eigenvalue weighted by Crippen LogP contribution is -2.29. The van der Waals surface area contributed by atoms with Crippen LogP contribution in [0.15, 0.2) is 72.6 Å². The van der Waals surface area contributed by atoms with Gasteiger partial charge < -0.3 is 15.0 Å². The maximum atomic E-state index is 13.6. The smallest absolute Gasteiger partial charge is 0.272 e. The van der Waals surface area contributed by atoms with E-state index in [-0.39, 0.29) is 11.8 Å². The van der Waals surface area contributed by atoms with Gasteiger partial charge in [0.05, 0.1) is 41.0 Å². The Morgan fingerprint density at radius 3 is 2.39 bits per heavy atom. The number of pyridine rings is 2. The Hall–Kier alpha value is -4.67. The maximum Gasteiger partial charge on any atom is 0.272 e. The summed E-state index contributed by atoms with van der Waals surface area (Å²) in [5, 5.41) is 4.23. The number of fused-ring (bicyclic) bond motifs is 1. The highest BCUT2D eigenvalue weighted by Crippen LogP contribution is 2.32. The van der Waals surface area contributed by atoms with Crippen LogP contribution in [-0.2, 0) is 4.74 Å². The zero-order valence-corrected chi connectivity index (χ0v) is 27.3. The first-order valence-electron chi connectivity index (χ1n) is 14.5. The maximum absolute atomic E-state index is 13.6. The van der Waals surface area contributed by atoms with Crippen molar-refractivity contribution in [2.24, 2.45) is 0 Å². The van der Waals surface area contributed by atoms with Crippen molar-refractivity contribution in [2.75, 3.05) is 25.5 Å². The summed E-state index contributed by atoms with van der Waals surface area (Å²) in [5.74, 6) is 0.332. The van der Waals surface area contributed by atoms with Crippen LogP contribution in [-0.4, -0.2) is 46.9 Å². The topological polar surface area (TPSA) is 84.4 Å². The molecule has 0 unspecified atom stereocenters.